The Balaban J connectivity index is 3.80. The van der Waals surface area contributed by atoms with E-state index in [9.17, 15) is 4.79 Å². The Morgan fingerprint density at radius 2 is 1.82 bits per heavy atom. The van der Waals surface area contributed by atoms with Gasteiger partial charge in [-0.2, -0.15) is 0 Å². The third-order valence-corrected chi connectivity index (χ3v) is 2.45. The summed E-state index contributed by atoms with van der Waals surface area (Å²) in [6.45, 7) is 8.32. The summed E-state index contributed by atoms with van der Waals surface area (Å²) in [5.74, 6) is 1.23. The third kappa shape index (κ3) is 3.54. The van der Waals surface area contributed by atoms with Gasteiger partial charge >= 0.3 is 0 Å². The van der Waals surface area contributed by atoms with Gasteiger partial charge in [-0.05, 0) is 5.92 Å². The van der Waals surface area contributed by atoms with E-state index in [-0.39, 0.29) is 5.92 Å². The quantitative estimate of drug-likeness (QED) is 0.598. The van der Waals surface area contributed by atoms with E-state index in [1.54, 1.807) is 0 Å². The number of Topliss-reactive ketones (excluding diaryl/α,β-unsaturated/α-hetero) is 1. The first-order valence-corrected chi connectivity index (χ1v) is 4.66. The predicted molar refractivity (Wildman–Crippen MR) is 48.5 cm³/mol. The molecular formula is C10H20O. The minimum absolute atomic E-state index is 0.264. The third-order valence-electron chi connectivity index (χ3n) is 2.45. The average molecular weight is 156 g/mol. The van der Waals surface area contributed by atoms with Crippen molar-refractivity contribution in [2.75, 3.05) is 0 Å². The van der Waals surface area contributed by atoms with Crippen molar-refractivity contribution in [3.63, 3.8) is 0 Å². The van der Waals surface area contributed by atoms with Crippen molar-refractivity contribution < 1.29 is 4.79 Å². The van der Waals surface area contributed by atoms with Crippen molar-refractivity contribution in [1.82, 2.24) is 0 Å². The fourth-order valence-corrected chi connectivity index (χ4v) is 1.34. The van der Waals surface area contributed by atoms with Gasteiger partial charge in [0.2, 0.25) is 0 Å². The molecule has 0 N–H and O–H groups in total. The maximum Gasteiger partial charge on any atom is 0.135 e. The Hall–Kier alpha value is -0.330. The van der Waals surface area contributed by atoms with Crippen LogP contribution in [0.15, 0.2) is 0 Å². The first-order chi connectivity index (χ1) is 5.13. The van der Waals surface area contributed by atoms with Gasteiger partial charge in [0, 0.05) is 12.3 Å². The monoisotopic (exact) mass is 156 g/mol. The Kier molecular flexibility index (Phi) is 5.18. The predicted octanol–water partition coefficient (Wildman–Crippen LogP) is 3.04. The van der Waals surface area contributed by atoms with E-state index < -0.39 is 0 Å². The molecule has 0 amide bonds. The van der Waals surface area contributed by atoms with Crippen molar-refractivity contribution in [2.24, 2.45) is 11.8 Å². The van der Waals surface area contributed by atoms with Gasteiger partial charge in [-0.25, -0.2) is 0 Å². The molecule has 0 aliphatic carbocycles. The smallest absolute Gasteiger partial charge is 0.135 e. The van der Waals surface area contributed by atoms with E-state index in [2.05, 4.69) is 13.8 Å². The van der Waals surface area contributed by atoms with Crippen molar-refractivity contribution in [1.29, 1.82) is 0 Å². The van der Waals surface area contributed by atoms with Crippen LogP contribution in [0.3, 0.4) is 0 Å². The van der Waals surface area contributed by atoms with E-state index in [0.29, 0.717) is 18.1 Å². The largest absolute Gasteiger partial charge is 0.299 e. The van der Waals surface area contributed by atoms with Gasteiger partial charge in [0.15, 0.2) is 0 Å². The van der Waals surface area contributed by atoms with Gasteiger partial charge in [-0.15, -0.1) is 0 Å². The molecule has 11 heavy (non-hydrogen) atoms. The number of hydrogen-bond donors (Lipinski definition) is 0. The van der Waals surface area contributed by atoms with Crippen LogP contribution in [0.25, 0.3) is 0 Å². The molecule has 0 aliphatic rings. The summed E-state index contributed by atoms with van der Waals surface area (Å²) >= 11 is 0. The van der Waals surface area contributed by atoms with E-state index in [4.69, 9.17) is 0 Å². The lowest BCUT2D eigenvalue weighted by molar-refractivity contribution is -0.123. The van der Waals surface area contributed by atoms with Gasteiger partial charge in [-0.1, -0.05) is 40.5 Å². The molecule has 0 fully saturated rings. The normalized spacial score (nSPS) is 16.0. The maximum atomic E-state index is 11.2. The molecule has 0 rings (SSSR count). The number of rotatable bonds is 5. The molecule has 2 atom stereocenters. The number of hydrogen-bond acceptors (Lipinski definition) is 1. The van der Waals surface area contributed by atoms with Crippen LogP contribution in [-0.2, 0) is 4.79 Å². The Labute approximate surface area is 70.2 Å². The van der Waals surface area contributed by atoms with Crippen molar-refractivity contribution in [3.8, 4) is 0 Å². The molecule has 0 aliphatic heterocycles. The second-order valence-electron chi connectivity index (χ2n) is 3.37. The highest BCUT2D eigenvalue weighted by Gasteiger charge is 2.16. The molecule has 0 aromatic rings. The lowest BCUT2D eigenvalue weighted by Gasteiger charge is -2.16. The van der Waals surface area contributed by atoms with Gasteiger partial charge in [-0.3, -0.25) is 4.79 Å². The Morgan fingerprint density at radius 1 is 1.27 bits per heavy atom. The van der Waals surface area contributed by atoms with Gasteiger partial charge in [0.05, 0.1) is 0 Å². The summed E-state index contributed by atoms with van der Waals surface area (Å²) in [6.07, 6.45) is 3.05. The highest BCUT2D eigenvalue weighted by atomic mass is 16.1. The molecule has 0 aromatic carbocycles. The molecule has 0 aromatic heterocycles. The van der Waals surface area contributed by atoms with Crippen LogP contribution in [0.4, 0.5) is 0 Å². The van der Waals surface area contributed by atoms with Crippen molar-refractivity contribution >= 4 is 5.78 Å². The zero-order chi connectivity index (χ0) is 8.85. The lowest BCUT2D eigenvalue weighted by atomic mass is 9.88. The Bertz CT molecular complexity index is 118. The first-order valence-electron chi connectivity index (χ1n) is 4.66. The zero-order valence-corrected chi connectivity index (χ0v) is 8.18. The number of carbonyl (C=O) groups excluding carboxylic acids is 1. The molecule has 0 heterocycles. The standard InChI is InChI=1S/C10H20O/c1-5-7-8(3)9(4)10(11)6-2/h8-9H,5-7H2,1-4H3. The van der Waals surface area contributed by atoms with Crippen LogP contribution in [0, 0.1) is 11.8 Å². The first kappa shape index (κ1) is 10.7. The van der Waals surface area contributed by atoms with Gasteiger partial charge < -0.3 is 0 Å². The van der Waals surface area contributed by atoms with Crippen LogP contribution < -0.4 is 0 Å². The molecule has 66 valence electrons. The van der Waals surface area contributed by atoms with E-state index in [1.165, 1.54) is 12.8 Å². The SMILES string of the molecule is CCCC(C)C(C)C(=O)CC. The molecule has 0 saturated carbocycles. The van der Waals surface area contributed by atoms with Crippen LogP contribution in [0.1, 0.15) is 47.0 Å². The fourth-order valence-electron chi connectivity index (χ4n) is 1.34. The minimum atomic E-state index is 0.264. The maximum absolute atomic E-state index is 11.2. The zero-order valence-electron chi connectivity index (χ0n) is 8.18. The van der Waals surface area contributed by atoms with Gasteiger partial charge in [0.1, 0.15) is 5.78 Å². The van der Waals surface area contributed by atoms with Gasteiger partial charge in [0.25, 0.3) is 0 Å². The van der Waals surface area contributed by atoms with Crippen LogP contribution in [0.2, 0.25) is 0 Å². The molecule has 1 heteroatoms. The average Bonchev–Trinajstić information content (AvgIpc) is 2.02. The molecule has 0 bridgehead atoms. The highest BCUT2D eigenvalue weighted by molar-refractivity contribution is 5.80. The van der Waals surface area contributed by atoms with Crippen molar-refractivity contribution in [3.05, 3.63) is 0 Å². The van der Waals surface area contributed by atoms with Crippen molar-refractivity contribution in [2.45, 2.75) is 47.0 Å². The van der Waals surface area contributed by atoms with E-state index >= 15 is 0 Å². The molecule has 0 saturated heterocycles. The second kappa shape index (κ2) is 5.34. The van der Waals surface area contributed by atoms with Crippen LogP contribution >= 0.6 is 0 Å². The summed E-state index contributed by atoms with van der Waals surface area (Å²) in [5.41, 5.74) is 0. The lowest BCUT2D eigenvalue weighted by Crippen LogP contribution is -2.17. The molecule has 1 nitrogen and oxygen atoms in total. The molecule has 0 radical (unpaired) electrons. The summed E-state index contributed by atoms with van der Waals surface area (Å²) in [4.78, 5) is 11.2. The van der Waals surface area contributed by atoms with E-state index in [0.717, 1.165) is 0 Å². The second-order valence-corrected chi connectivity index (χ2v) is 3.37. The molecule has 2 unspecified atom stereocenters. The number of carbonyl (C=O) groups is 1. The minimum Gasteiger partial charge on any atom is -0.299 e. The molecule has 0 spiro atoms. The van der Waals surface area contributed by atoms with Crippen LogP contribution in [-0.4, -0.2) is 5.78 Å². The summed E-state index contributed by atoms with van der Waals surface area (Å²) in [6, 6.07) is 0. The Morgan fingerprint density at radius 3 is 2.18 bits per heavy atom. The summed E-state index contributed by atoms with van der Waals surface area (Å²) < 4.78 is 0. The summed E-state index contributed by atoms with van der Waals surface area (Å²) in [5, 5.41) is 0. The number of ketones is 1. The molecular weight excluding hydrogens is 136 g/mol. The van der Waals surface area contributed by atoms with E-state index in [1.807, 2.05) is 13.8 Å². The van der Waals surface area contributed by atoms with Crippen LogP contribution in [0.5, 0.6) is 0 Å². The fraction of sp³-hybridized carbons (Fsp3) is 0.900. The highest BCUT2D eigenvalue weighted by Crippen LogP contribution is 2.18. The topological polar surface area (TPSA) is 17.1 Å². The summed E-state index contributed by atoms with van der Waals surface area (Å²) in [7, 11) is 0.